The van der Waals surface area contributed by atoms with Gasteiger partial charge in [0.15, 0.2) is 0 Å². The third kappa shape index (κ3) is 5.53. The van der Waals surface area contributed by atoms with Gasteiger partial charge < -0.3 is 5.32 Å². The lowest BCUT2D eigenvalue weighted by molar-refractivity contribution is -0.138. The van der Waals surface area contributed by atoms with E-state index in [2.05, 4.69) is 15.9 Å². The maximum absolute atomic E-state index is 11.9. The molecule has 1 rings (SSSR count). The van der Waals surface area contributed by atoms with Gasteiger partial charge in [0.05, 0.1) is 0 Å². The second kappa shape index (κ2) is 6.22. The van der Waals surface area contributed by atoms with Crippen LogP contribution in [0.4, 0.5) is 13.2 Å². The smallest absolute Gasteiger partial charge is 0.347 e. The van der Waals surface area contributed by atoms with Gasteiger partial charge in [-0.1, -0.05) is 22.0 Å². The molecule has 0 fully saturated rings. The number of amides is 1. The number of rotatable bonds is 4. The van der Waals surface area contributed by atoms with Crippen LogP contribution in [0.25, 0.3) is 0 Å². The standard InChI is InChI=1S/C12H13BrF3NO/c1-8-2-4-10(13)6-9(8)3-5-11(18)17-7-12(14,15)16/h2,4,6H,3,5,7H2,1H3,(H,17,18). The lowest BCUT2D eigenvalue weighted by atomic mass is 10.0. The lowest BCUT2D eigenvalue weighted by Gasteiger charge is -2.09. The molecule has 1 N–H and O–H groups in total. The van der Waals surface area contributed by atoms with Crippen molar-refractivity contribution < 1.29 is 18.0 Å². The summed E-state index contributed by atoms with van der Waals surface area (Å²) in [6.45, 7) is 0.624. The van der Waals surface area contributed by atoms with Crippen molar-refractivity contribution in [2.24, 2.45) is 0 Å². The van der Waals surface area contributed by atoms with E-state index < -0.39 is 18.6 Å². The maximum atomic E-state index is 11.9. The predicted molar refractivity (Wildman–Crippen MR) is 66.3 cm³/mol. The minimum Gasteiger partial charge on any atom is -0.347 e. The second-order valence-corrected chi connectivity index (χ2v) is 4.88. The number of carbonyl (C=O) groups is 1. The lowest BCUT2D eigenvalue weighted by Crippen LogP contribution is -2.33. The Bertz CT molecular complexity index is 432. The largest absolute Gasteiger partial charge is 0.405 e. The minimum atomic E-state index is -4.36. The van der Waals surface area contributed by atoms with Crippen LogP contribution in [0.5, 0.6) is 0 Å². The molecular weight excluding hydrogens is 311 g/mol. The van der Waals surface area contributed by atoms with Crippen LogP contribution in [-0.4, -0.2) is 18.6 Å². The van der Waals surface area contributed by atoms with Gasteiger partial charge in [0.1, 0.15) is 6.54 Å². The molecule has 0 unspecified atom stereocenters. The van der Waals surface area contributed by atoms with Crippen molar-refractivity contribution in [2.75, 3.05) is 6.54 Å². The maximum Gasteiger partial charge on any atom is 0.405 e. The van der Waals surface area contributed by atoms with E-state index in [-0.39, 0.29) is 6.42 Å². The number of nitrogens with one attached hydrogen (secondary N) is 1. The summed E-state index contributed by atoms with van der Waals surface area (Å²) >= 11 is 3.31. The first-order valence-electron chi connectivity index (χ1n) is 5.36. The summed E-state index contributed by atoms with van der Waals surface area (Å²) in [5, 5.41) is 1.85. The molecule has 0 saturated carbocycles. The van der Waals surface area contributed by atoms with Crippen molar-refractivity contribution in [1.29, 1.82) is 0 Å². The molecule has 1 amide bonds. The summed E-state index contributed by atoms with van der Waals surface area (Å²) in [6.07, 6.45) is -3.89. The van der Waals surface area contributed by atoms with Gasteiger partial charge in [0.2, 0.25) is 5.91 Å². The number of hydrogen-bond donors (Lipinski definition) is 1. The first-order valence-corrected chi connectivity index (χ1v) is 6.16. The molecule has 0 bridgehead atoms. The number of hydrogen-bond acceptors (Lipinski definition) is 1. The summed E-state index contributed by atoms with van der Waals surface area (Å²) in [5.41, 5.74) is 1.97. The van der Waals surface area contributed by atoms with Gasteiger partial charge in [-0.05, 0) is 36.6 Å². The molecule has 0 heterocycles. The average molecular weight is 324 g/mol. The zero-order chi connectivity index (χ0) is 13.8. The van der Waals surface area contributed by atoms with Crippen LogP contribution in [0, 0.1) is 6.92 Å². The zero-order valence-corrected chi connectivity index (χ0v) is 11.4. The minimum absolute atomic E-state index is 0.0490. The number of aryl methyl sites for hydroxylation is 2. The van der Waals surface area contributed by atoms with E-state index in [9.17, 15) is 18.0 Å². The molecule has 0 aliphatic heterocycles. The summed E-state index contributed by atoms with van der Waals surface area (Å²) < 4.78 is 36.5. The number of carbonyl (C=O) groups excluding carboxylic acids is 1. The molecule has 0 aliphatic rings. The highest BCUT2D eigenvalue weighted by Gasteiger charge is 2.27. The van der Waals surface area contributed by atoms with E-state index in [0.29, 0.717) is 6.42 Å². The molecule has 0 spiro atoms. The fourth-order valence-electron chi connectivity index (χ4n) is 1.44. The fourth-order valence-corrected chi connectivity index (χ4v) is 1.85. The van der Waals surface area contributed by atoms with E-state index in [4.69, 9.17) is 0 Å². The van der Waals surface area contributed by atoms with Crippen molar-refractivity contribution in [3.05, 3.63) is 33.8 Å². The number of benzene rings is 1. The van der Waals surface area contributed by atoms with Crippen molar-refractivity contribution in [2.45, 2.75) is 25.9 Å². The third-order valence-corrected chi connectivity index (χ3v) is 2.91. The fraction of sp³-hybridized carbons (Fsp3) is 0.417. The molecule has 1 aromatic rings. The van der Waals surface area contributed by atoms with E-state index in [1.165, 1.54) is 0 Å². The highest BCUT2D eigenvalue weighted by atomic mass is 79.9. The van der Waals surface area contributed by atoms with Gasteiger partial charge in [0, 0.05) is 10.9 Å². The molecule has 18 heavy (non-hydrogen) atoms. The Labute approximate surface area is 112 Å². The van der Waals surface area contributed by atoms with Gasteiger partial charge >= 0.3 is 6.18 Å². The van der Waals surface area contributed by atoms with Crippen LogP contribution in [0.1, 0.15) is 17.5 Å². The van der Waals surface area contributed by atoms with E-state index in [1.54, 1.807) is 0 Å². The first kappa shape index (κ1) is 15.0. The number of halogens is 4. The Kier molecular flexibility index (Phi) is 5.19. The van der Waals surface area contributed by atoms with Crippen LogP contribution >= 0.6 is 15.9 Å². The molecule has 0 aromatic heterocycles. The van der Waals surface area contributed by atoms with E-state index >= 15 is 0 Å². The van der Waals surface area contributed by atoms with Crippen LogP contribution in [0.2, 0.25) is 0 Å². The first-order chi connectivity index (χ1) is 8.28. The molecule has 0 atom stereocenters. The second-order valence-electron chi connectivity index (χ2n) is 3.96. The van der Waals surface area contributed by atoms with E-state index in [1.807, 2.05) is 30.4 Å². The van der Waals surface area contributed by atoms with Crippen LogP contribution < -0.4 is 5.32 Å². The summed E-state index contributed by atoms with van der Waals surface area (Å²) in [5.74, 6) is -0.591. The Morgan fingerprint density at radius 1 is 1.39 bits per heavy atom. The zero-order valence-electron chi connectivity index (χ0n) is 9.77. The predicted octanol–water partition coefficient (Wildman–Crippen LogP) is 3.37. The number of alkyl halides is 3. The molecular formula is C12H13BrF3NO. The van der Waals surface area contributed by atoms with Crippen LogP contribution in [-0.2, 0) is 11.2 Å². The summed E-state index contributed by atoms with van der Waals surface area (Å²) in [6, 6.07) is 5.64. The van der Waals surface area contributed by atoms with Gasteiger partial charge in [-0.15, -0.1) is 0 Å². The van der Waals surface area contributed by atoms with Crippen LogP contribution in [0.15, 0.2) is 22.7 Å². The van der Waals surface area contributed by atoms with Crippen LogP contribution in [0.3, 0.4) is 0 Å². The Hall–Kier alpha value is -1.04. The molecule has 1 aromatic carbocycles. The normalized spacial score (nSPS) is 11.4. The van der Waals surface area contributed by atoms with Crippen molar-refractivity contribution >= 4 is 21.8 Å². The SMILES string of the molecule is Cc1ccc(Br)cc1CCC(=O)NCC(F)(F)F. The molecule has 0 saturated heterocycles. The third-order valence-electron chi connectivity index (χ3n) is 2.42. The average Bonchev–Trinajstić information content (AvgIpc) is 2.26. The molecule has 0 radical (unpaired) electrons. The van der Waals surface area contributed by atoms with Gasteiger partial charge in [0.25, 0.3) is 0 Å². The molecule has 6 heteroatoms. The quantitative estimate of drug-likeness (QED) is 0.904. The highest BCUT2D eigenvalue weighted by Crippen LogP contribution is 2.17. The molecule has 100 valence electrons. The Morgan fingerprint density at radius 3 is 2.67 bits per heavy atom. The highest BCUT2D eigenvalue weighted by molar-refractivity contribution is 9.10. The summed E-state index contributed by atoms with van der Waals surface area (Å²) in [7, 11) is 0. The summed E-state index contributed by atoms with van der Waals surface area (Å²) in [4.78, 5) is 11.2. The molecule has 0 aliphatic carbocycles. The Morgan fingerprint density at radius 2 is 2.06 bits per heavy atom. The van der Waals surface area contributed by atoms with Crippen molar-refractivity contribution in [3.63, 3.8) is 0 Å². The van der Waals surface area contributed by atoms with Gasteiger partial charge in [-0.2, -0.15) is 13.2 Å². The van der Waals surface area contributed by atoms with Gasteiger partial charge in [-0.3, -0.25) is 4.79 Å². The van der Waals surface area contributed by atoms with Gasteiger partial charge in [-0.25, -0.2) is 0 Å². The topological polar surface area (TPSA) is 29.1 Å². The monoisotopic (exact) mass is 323 g/mol. The van der Waals surface area contributed by atoms with Crippen molar-refractivity contribution in [1.82, 2.24) is 5.32 Å². The Balaban J connectivity index is 2.45. The van der Waals surface area contributed by atoms with E-state index in [0.717, 1.165) is 15.6 Å². The molecule has 2 nitrogen and oxygen atoms in total. The van der Waals surface area contributed by atoms with Crippen molar-refractivity contribution in [3.8, 4) is 0 Å².